The maximum Gasteiger partial charge on any atom is 2.00 e. The van der Waals surface area contributed by atoms with Crippen LogP contribution in [0.15, 0.2) is 0 Å². The molecule has 0 unspecified atom stereocenters. The summed E-state index contributed by atoms with van der Waals surface area (Å²) < 4.78 is 0. The molecule has 0 fully saturated rings. The van der Waals surface area contributed by atoms with Crippen molar-refractivity contribution in [3.05, 3.63) is 0 Å². The van der Waals surface area contributed by atoms with Crippen LogP contribution in [0.3, 0.4) is 0 Å². The fourth-order valence-electron chi connectivity index (χ4n) is 0. The van der Waals surface area contributed by atoms with Crippen LogP contribution < -0.4 is 0 Å². The van der Waals surface area contributed by atoms with Crippen LogP contribution in [-0.2, 0) is 0 Å². The molecule has 3 heteroatoms. The number of hydrogen-bond acceptors (Lipinski definition) is 2. The Bertz CT molecular complexity index is 18.4. The molecule has 0 heterocycles. The smallest absolute Gasteiger partial charge is 1.00 e. The van der Waals surface area contributed by atoms with Crippen LogP contribution in [0.2, 0.25) is 0 Å². The average Bonchev–Trinajstić information content (AvgIpc) is 0.811. The Morgan fingerprint density at radius 3 is 1.60 bits per heavy atom. The van der Waals surface area contributed by atoms with Crippen LogP contribution in [0.4, 0.5) is 0 Å². The predicted octanol–water partition coefficient (Wildman–Crippen LogP) is -0.839. The summed E-state index contributed by atoms with van der Waals surface area (Å²) in [5.74, 6) is 0. The van der Waals surface area contributed by atoms with E-state index in [2.05, 4.69) is 0 Å². The molecule has 0 atom stereocenters. The van der Waals surface area contributed by atoms with Gasteiger partial charge in [0.25, 0.3) is 0 Å². The monoisotopic (exact) mass is 88.0 g/mol. The molecule has 0 amide bonds. The quantitative estimate of drug-likeness (QED) is 0.299. The molecule has 0 bridgehead atoms. The molecule has 30 valence electrons. The molecule has 0 spiro atoms. The van der Waals surface area contributed by atoms with Gasteiger partial charge in [-0.3, -0.25) is 0 Å². The van der Waals surface area contributed by atoms with E-state index in [0.29, 0.717) is 0 Å². The zero-order valence-electron chi connectivity index (χ0n) is 5.18. The van der Waals surface area contributed by atoms with Crippen molar-refractivity contribution in [2.75, 3.05) is 0 Å². The molecular weight excluding hydrogens is 80.3 g/mol. The van der Waals surface area contributed by atoms with Crippen LogP contribution in [-0.4, -0.2) is 39.6 Å². The van der Waals surface area contributed by atoms with Crippen LogP contribution in [0.25, 0.3) is 0 Å². The minimum Gasteiger partial charge on any atom is -1.00 e. The molecule has 0 aromatic rings. The van der Waals surface area contributed by atoms with Gasteiger partial charge in [-0.1, -0.05) is 0 Å². The number of aliphatic hydroxyl groups excluding tert-OH is 1. The van der Waals surface area contributed by atoms with Gasteiger partial charge < -0.3 is 13.1 Å². The second kappa shape index (κ2) is 4.69. The molecule has 0 aliphatic carbocycles. The van der Waals surface area contributed by atoms with Gasteiger partial charge >= 0.3 is 23.1 Å². The fourth-order valence-corrected chi connectivity index (χ4v) is 0. The largest absolute Gasteiger partial charge is 2.00 e. The third-order valence-electron chi connectivity index (χ3n) is 0. The summed E-state index contributed by atoms with van der Waals surface area (Å²) in [7, 11) is 0. The van der Waals surface area contributed by atoms with Gasteiger partial charge in [-0.15, -0.1) is 0 Å². The van der Waals surface area contributed by atoms with Gasteiger partial charge in [-0.2, -0.15) is 0 Å². The summed E-state index contributed by atoms with van der Waals surface area (Å²) in [5, 5.41) is 15.2. The van der Waals surface area contributed by atoms with Crippen molar-refractivity contribution in [3.63, 3.8) is 0 Å². The summed E-state index contributed by atoms with van der Waals surface area (Å²) in [6.45, 7) is 1.28. The van der Waals surface area contributed by atoms with E-state index < -0.39 is 6.29 Å². The molecule has 0 aromatic heterocycles. The zero-order chi connectivity index (χ0) is 3.58. The molecule has 0 aliphatic rings. The average molecular weight is 88.4 g/mol. The van der Waals surface area contributed by atoms with E-state index >= 15 is 0 Å². The van der Waals surface area contributed by atoms with Crippen LogP contribution in [0, 0.1) is 0 Å². The minimum atomic E-state index is -1.17. The van der Waals surface area contributed by atoms with E-state index in [1.165, 1.54) is 6.92 Å². The first-order valence-corrected chi connectivity index (χ1v) is 1.09. The Labute approximate surface area is 49.9 Å². The van der Waals surface area contributed by atoms with Crippen LogP contribution >= 0.6 is 0 Å². The Morgan fingerprint density at radius 1 is 1.60 bits per heavy atom. The summed E-state index contributed by atoms with van der Waals surface area (Å²) >= 11 is 0. The Kier molecular flexibility index (Phi) is 8.61. The molecule has 0 aliphatic heterocycles. The second-order valence-corrected chi connectivity index (χ2v) is 0.632. The number of aliphatic hydroxyl groups is 2. The molecule has 0 rings (SSSR count). The Balaban J connectivity index is -0.0000000150. The first kappa shape index (κ1) is 9.19. The van der Waals surface area contributed by atoms with Crippen molar-refractivity contribution in [1.29, 1.82) is 0 Å². The normalized spacial score (nSPS) is 7.20. The van der Waals surface area contributed by atoms with E-state index in [1.807, 2.05) is 0 Å². The summed E-state index contributed by atoms with van der Waals surface area (Å²) in [4.78, 5) is 0. The van der Waals surface area contributed by atoms with Crippen LogP contribution in [0.1, 0.15) is 9.78 Å². The first-order chi connectivity index (χ1) is 1.73. The van der Waals surface area contributed by atoms with Gasteiger partial charge in [0.2, 0.25) is 0 Å². The van der Waals surface area contributed by atoms with Gasteiger partial charge in [0.1, 0.15) is 6.29 Å². The first-order valence-electron chi connectivity index (χ1n) is 1.09. The van der Waals surface area contributed by atoms with E-state index in [-0.39, 0.29) is 25.9 Å². The van der Waals surface area contributed by atoms with Gasteiger partial charge in [0.15, 0.2) is 0 Å². The summed E-state index contributed by atoms with van der Waals surface area (Å²) in [5.41, 5.74) is 0. The van der Waals surface area contributed by atoms with Gasteiger partial charge in [0.05, 0.1) is 0 Å². The number of rotatable bonds is 0. The van der Waals surface area contributed by atoms with Crippen molar-refractivity contribution < 1.29 is 13.1 Å². The Hall–Kier alpha value is 0.686. The molecule has 0 aromatic carbocycles. The van der Waals surface area contributed by atoms with Crippen molar-refractivity contribution in [1.82, 2.24) is 0 Å². The molecule has 2 N–H and O–H groups in total. The third kappa shape index (κ3) is 71.8. The summed E-state index contributed by atoms with van der Waals surface area (Å²) in [6, 6.07) is 0. The molecule has 2 nitrogen and oxygen atoms in total. The number of hydrogen-bond donors (Lipinski definition) is 2. The van der Waals surface area contributed by atoms with E-state index in [0.717, 1.165) is 0 Å². The zero-order valence-corrected chi connectivity index (χ0v) is 4.59. The van der Waals surface area contributed by atoms with Crippen molar-refractivity contribution in [3.8, 4) is 0 Å². The summed E-state index contributed by atoms with van der Waals surface area (Å²) in [6.07, 6.45) is -1.17. The minimum absolute atomic E-state index is 0. The SMILES string of the molecule is CC(O)O.[H-].[H-].[Mg+2]. The van der Waals surface area contributed by atoms with Gasteiger partial charge in [0, 0.05) is 0 Å². The van der Waals surface area contributed by atoms with Crippen molar-refractivity contribution in [2.24, 2.45) is 0 Å². The van der Waals surface area contributed by atoms with Crippen molar-refractivity contribution in [2.45, 2.75) is 13.2 Å². The second-order valence-electron chi connectivity index (χ2n) is 0.632. The van der Waals surface area contributed by atoms with E-state index in [4.69, 9.17) is 10.2 Å². The Morgan fingerprint density at radius 2 is 1.60 bits per heavy atom. The maximum atomic E-state index is 7.61. The standard InChI is InChI=1S/C2H6O2.Mg.2H/c1-2(3)4;;;/h2-4H,1H3;;;/q;+2;2*-1. The maximum absolute atomic E-state index is 7.61. The topological polar surface area (TPSA) is 40.5 Å². The third-order valence-corrected chi connectivity index (χ3v) is 0. The molecule has 5 heavy (non-hydrogen) atoms. The van der Waals surface area contributed by atoms with Gasteiger partial charge in [-0.05, 0) is 6.92 Å². The van der Waals surface area contributed by atoms with Crippen LogP contribution in [0.5, 0.6) is 0 Å². The molecule has 0 saturated carbocycles. The fraction of sp³-hybridized carbons (Fsp3) is 1.00. The molecular formula is C2H8MgO2. The van der Waals surface area contributed by atoms with E-state index in [1.54, 1.807) is 0 Å². The molecule has 0 radical (unpaired) electrons. The predicted molar refractivity (Wildman–Crippen MR) is 21.9 cm³/mol. The van der Waals surface area contributed by atoms with E-state index in [9.17, 15) is 0 Å². The molecule has 0 saturated heterocycles. The van der Waals surface area contributed by atoms with Crippen molar-refractivity contribution >= 4 is 23.1 Å². The van der Waals surface area contributed by atoms with Gasteiger partial charge in [-0.25, -0.2) is 0 Å².